The SMILES string of the molecule is COc1ccc(C(=O)C=Cc2c(O)cc(OCc3ccccc3)c(OC)c2OC)cc1. The molecule has 0 aliphatic heterocycles. The molecule has 3 aromatic rings. The molecule has 160 valence electrons. The van der Waals surface area contributed by atoms with Crippen molar-refractivity contribution >= 4 is 11.9 Å². The topological polar surface area (TPSA) is 74.2 Å². The van der Waals surface area contributed by atoms with Crippen LogP contribution < -0.4 is 18.9 Å². The molecule has 0 saturated heterocycles. The number of hydrogen-bond acceptors (Lipinski definition) is 6. The van der Waals surface area contributed by atoms with E-state index in [0.29, 0.717) is 35.0 Å². The Morgan fingerprint density at radius 1 is 0.903 bits per heavy atom. The molecule has 0 radical (unpaired) electrons. The Bertz CT molecular complexity index is 1060. The Morgan fingerprint density at radius 3 is 2.19 bits per heavy atom. The predicted molar refractivity (Wildman–Crippen MR) is 118 cm³/mol. The summed E-state index contributed by atoms with van der Waals surface area (Å²) in [5.41, 5.74) is 1.77. The van der Waals surface area contributed by atoms with Crippen LogP contribution in [0.1, 0.15) is 21.5 Å². The number of rotatable bonds is 9. The van der Waals surface area contributed by atoms with Crippen LogP contribution in [0.2, 0.25) is 0 Å². The molecule has 0 aliphatic carbocycles. The molecule has 0 unspecified atom stereocenters. The standard InChI is InChI=1S/C25H24O6/c1-28-19-11-9-18(10-12-19)21(26)14-13-20-22(27)15-23(25(30-3)24(20)29-2)31-16-17-7-5-4-6-8-17/h4-15,27H,16H2,1-3H3. The number of phenolic OH excluding ortho intramolecular Hbond substituents is 1. The van der Waals surface area contributed by atoms with E-state index in [9.17, 15) is 9.90 Å². The number of allylic oxidation sites excluding steroid dienone is 1. The molecule has 31 heavy (non-hydrogen) atoms. The zero-order valence-electron chi connectivity index (χ0n) is 17.6. The average Bonchev–Trinajstić information content (AvgIpc) is 2.81. The van der Waals surface area contributed by atoms with E-state index >= 15 is 0 Å². The minimum atomic E-state index is -0.229. The van der Waals surface area contributed by atoms with Gasteiger partial charge in [0.05, 0.1) is 26.9 Å². The van der Waals surface area contributed by atoms with Crippen LogP contribution in [0.3, 0.4) is 0 Å². The van der Waals surface area contributed by atoms with Gasteiger partial charge < -0.3 is 24.1 Å². The Labute approximate surface area is 181 Å². The molecule has 3 aromatic carbocycles. The Hall–Kier alpha value is -3.93. The van der Waals surface area contributed by atoms with Crippen molar-refractivity contribution in [2.45, 2.75) is 6.61 Å². The van der Waals surface area contributed by atoms with E-state index < -0.39 is 0 Å². The zero-order valence-corrected chi connectivity index (χ0v) is 17.6. The molecule has 0 atom stereocenters. The summed E-state index contributed by atoms with van der Waals surface area (Å²) >= 11 is 0. The van der Waals surface area contributed by atoms with Crippen LogP contribution >= 0.6 is 0 Å². The third-order valence-corrected chi connectivity index (χ3v) is 4.64. The van der Waals surface area contributed by atoms with Gasteiger partial charge in [-0.25, -0.2) is 0 Å². The van der Waals surface area contributed by atoms with Gasteiger partial charge in [0.1, 0.15) is 18.1 Å². The molecule has 0 saturated carbocycles. The smallest absolute Gasteiger partial charge is 0.204 e. The largest absolute Gasteiger partial charge is 0.507 e. The predicted octanol–water partition coefficient (Wildman–Crippen LogP) is 4.89. The number of hydrogen-bond donors (Lipinski definition) is 1. The summed E-state index contributed by atoms with van der Waals surface area (Å²) < 4.78 is 21.9. The van der Waals surface area contributed by atoms with E-state index in [1.807, 2.05) is 30.3 Å². The third kappa shape index (κ3) is 5.17. The lowest BCUT2D eigenvalue weighted by atomic mass is 10.1. The van der Waals surface area contributed by atoms with Crippen molar-refractivity contribution in [1.82, 2.24) is 0 Å². The zero-order chi connectivity index (χ0) is 22.2. The van der Waals surface area contributed by atoms with E-state index in [0.717, 1.165) is 5.56 Å². The molecule has 0 amide bonds. The van der Waals surface area contributed by atoms with Crippen molar-refractivity contribution in [1.29, 1.82) is 0 Å². The van der Waals surface area contributed by atoms with Gasteiger partial charge in [0, 0.05) is 11.6 Å². The van der Waals surface area contributed by atoms with E-state index in [2.05, 4.69) is 0 Å². The fourth-order valence-electron chi connectivity index (χ4n) is 3.03. The number of methoxy groups -OCH3 is 3. The van der Waals surface area contributed by atoms with E-state index in [1.54, 1.807) is 31.4 Å². The molecular formula is C25H24O6. The number of benzene rings is 3. The molecule has 6 nitrogen and oxygen atoms in total. The number of carbonyl (C=O) groups is 1. The van der Waals surface area contributed by atoms with Gasteiger partial charge in [-0.3, -0.25) is 4.79 Å². The number of phenols is 1. The van der Waals surface area contributed by atoms with E-state index in [1.165, 1.54) is 32.4 Å². The molecule has 0 aromatic heterocycles. The molecule has 3 rings (SSSR count). The van der Waals surface area contributed by atoms with Crippen LogP contribution in [0.15, 0.2) is 66.7 Å². The monoisotopic (exact) mass is 420 g/mol. The minimum absolute atomic E-state index is 0.0977. The maximum Gasteiger partial charge on any atom is 0.204 e. The maximum atomic E-state index is 12.5. The van der Waals surface area contributed by atoms with Crippen LogP contribution in [-0.2, 0) is 6.61 Å². The van der Waals surface area contributed by atoms with Crippen LogP contribution in [0.4, 0.5) is 0 Å². The Kier molecular flexibility index (Phi) is 7.17. The highest BCUT2D eigenvalue weighted by molar-refractivity contribution is 6.07. The summed E-state index contributed by atoms with van der Waals surface area (Å²) in [7, 11) is 4.51. The normalized spacial score (nSPS) is 10.7. The first-order valence-electron chi connectivity index (χ1n) is 9.58. The second kappa shape index (κ2) is 10.2. The molecule has 0 fully saturated rings. The summed E-state index contributed by atoms with van der Waals surface area (Å²) in [6.45, 7) is 0.297. The average molecular weight is 420 g/mol. The highest BCUT2D eigenvalue weighted by Crippen LogP contribution is 2.45. The van der Waals surface area contributed by atoms with Gasteiger partial charge in [-0.15, -0.1) is 0 Å². The molecule has 0 bridgehead atoms. The highest BCUT2D eigenvalue weighted by atomic mass is 16.5. The van der Waals surface area contributed by atoms with Crippen molar-refractivity contribution in [3.05, 3.63) is 83.4 Å². The molecule has 0 spiro atoms. The van der Waals surface area contributed by atoms with Crippen molar-refractivity contribution in [2.75, 3.05) is 21.3 Å². The first-order valence-corrected chi connectivity index (χ1v) is 9.58. The lowest BCUT2D eigenvalue weighted by Crippen LogP contribution is -2.01. The quantitative estimate of drug-likeness (QED) is 0.392. The first-order chi connectivity index (χ1) is 15.1. The fraction of sp³-hybridized carbons (Fsp3) is 0.160. The van der Waals surface area contributed by atoms with E-state index in [4.69, 9.17) is 18.9 Å². The van der Waals surface area contributed by atoms with Crippen molar-refractivity contribution < 1.29 is 28.8 Å². The fourth-order valence-corrected chi connectivity index (χ4v) is 3.03. The molecule has 1 N–H and O–H groups in total. The number of carbonyl (C=O) groups excluding carboxylic acids is 1. The van der Waals surface area contributed by atoms with Crippen LogP contribution in [0, 0.1) is 0 Å². The summed E-state index contributed by atoms with van der Waals surface area (Å²) in [5, 5.41) is 10.6. The first kappa shape index (κ1) is 21.8. The summed E-state index contributed by atoms with van der Waals surface area (Å²) in [5.74, 6) is 1.26. The van der Waals surface area contributed by atoms with Gasteiger partial charge in [0.15, 0.2) is 17.3 Å². The van der Waals surface area contributed by atoms with Gasteiger partial charge in [0.25, 0.3) is 0 Å². The van der Waals surface area contributed by atoms with Gasteiger partial charge in [-0.2, -0.15) is 0 Å². The minimum Gasteiger partial charge on any atom is -0.507 e. The number of aromatic hydroxyl groups is 1. The van der Waals surface area contributed by atoms with Crippen LogP contribution in [0.5, 0.6) is 28.7 Å². The lowest BCUT2D eigenvalue weighted by Gasteiger charge is -2.17. The summed E-state index contributed by atoms with van der Waals surface area (Å²) in [6, 6.07) is 17.8. The van der Waals surface area contributed by atoms with E-state index in [-0.39, 0.29) is 17.3 Å². The summed E-state index contributed by atoms with van der Waals surface area (Å²) in [4.78, 5) is 12.5. The van der Waals surface area contributed by atoms with Crippen LogP contribution in [0.25, 0.3) is 6.08 Å². The van der Waals surface area contributed by atoms with Crippen LogP contribution in [-0.4, -0.2) is 32.2 Å². The molecule has 0 heterocycles. The number of ketones is 1. The molecule has 0 aliphatic rings. The summed E-state index contributed by atoms with van der Waals surface area (Å²) in [6.07, 6.45) is 2.85. The van der Waals surface area contributed by atoms with Crippen molar-refractivity contribution in [3.63, 3.8) is 0 Å². The maximum absolute atomic E-state index is 12.5. The van der Waals surface area contributed by atoms with Crippen molar-refractivity contribution in [3.8, 4) is 28.7 Å². The molecular weight excluding hydrogens is 396 g/mol. The van der Waals surface area contributed by atoms with Gasteiger partial charge in [0.2, 0.25) is 5.75 Å². The van der Waals surface area contributed by atoms with Gasteiger partial charge in [-0.1, -0.05) is 30.3 Å². The second-order valence-electron chi connectivity index (χ2n) is 6.57. The van der Waals surface area contributed by atoms with Crippen molar-refractivity contribution in [2.24, 2.45) is 0 Å². The second-order valence-corrected chi connectivity index (χ2v) is 6.57. The Balaban J connectivity index is 1.87. The number of ether oxygens (including phenoxy) is 4. The van der Waals surface area contributed by atoms with Gasteiger partial charge in [-0.05, 0) is 42.0 Å². The highest BCUT2D eigenvalue weighted by Gasteiger charge is 2.20. The lowest BCUT2D eigenvalue weighted by molar-refractivity contribution is 0.104. The Morgan fingerprint density at radius 2 is 1.58 bits per heavy atom. The third-order valence-electron chi connectivity index (χ3n) is 4.64. The molecule has 6 heteroatoms. The van der Waals surface area contributed by atoms with Gasteiger partial charge >= 0.3 is 0 Å².